The van der Waals surface area contributed by atoms with Crippen molar-refractivity contribution in [3.63, 3.8) is 0 Å². The zero-order chi connectivity index (χ0) is 13.5. The number of anilines is 1. The molecule has 5 heteroatoms. The smallest absolute Gasteiger partial charge is 0.225 e. The Labute approximate surface area is 113 Å². The van der Waals surface area contributed by atoms with E-state index in [0.717, 1.165) is 24.3 Å². The molecule has 1 rings (SSSR count). The van der Waals surface area contributed by atoms with Gasteiger partial charge < -0.3 is 16.0 Å². The summed E-state index contributed by atoms with van der Waals surface area (Å²) in [5, 5.41) is 2.84. The summed E-state index contributed by atoms with van der Waals surface area (Å²) >= 11 is 4.86. The Hall–Kier alpha value is -1.46. The predicted molar refractivity (Wildman–Crippen MR) is 78.7 cm³/mol. The Morgan fingerprint density at radius 1 is 1.39 bits per heavy atom. The SMILES string of the molecule is CCN(C)CCC(=O)Nc1ccc(C(N)=S)cc1. The van der Waals surface area contributed by atoms with E-state index in [1.807, 2.05) is 7.05 Å². The van der Waals surface area contributed by atoms with Crippen molar-refractivity contribution >= 4 is 28.8 Å². The van der Waals surface area contributed by atoms with E-state index >= 15 is 0 Å². The third-order valence-electron chi connectivity index (χ3n) is 2.71. The lowest BCUT2D eigenvalue weighted by atomic mass is 10.2. The van der Waals surface area contributed by atoms with Crippen LogP contribution in [0.25, 0.3) is 0 Å². The lowest BCUT2D eigenvalue weighted by Crippen LogP contribution is -2.23. The molecule has 0 aliphatic rings. The molecule has 0 aliphatic carbocycles. The van der Waals surface area contributed by atoms with E-state index in [0.29, 0.717) is 11.4 Å². The van der Waals surface area contributed by atoms with Crippen molar-refractivity contribution in [2.24, 2.45) is 5.73 Å². The lowest BCUT2D eigenvalue weighted by molar-refractivity contribution is -0.116. The van der Waals surface area contributed by atoms with Crippen molar-refractivity contribution in [2.75, 3.05) is 25.5 Å². The van der Waals surface area contributed by atoms with Crippen LogP contribution in [0.15, 0.2) is 24.3 Å². The van der Waals surface area contributed by atoms with Gasteiger partial charge in [0.25, 0.3) is 0 Å². The van der Waals surface area contributed by atoms with Crippen LogP contribution in [0, 0.1) is 0 Å². The normalized spacial score (nSPS) is 10.4. The molecule has 98 valence electrons. The fourth-order valence-corrected chi connectivity index (χ4v) is 1.53. The van der Waals surface area contributed by atoms with Gasteiger partial charge in [0, 0.05) is 24.2 Å². The second-order valence-electron chi connectivity index (χ2n) is 4.14. The average molecular weight is 265 g/mol. The highest BCUT2D eigenvalue weighted by atomic mass is 32.1. The average Bonchev–Trinajstić information content (AvgIpc) is 2.36. The van der Waals surface area contributed by atoms with Crippen LogP contribution < -0.4 is 11.1 Å². The van der Waals surface area contributed by atoms with E-state index in [-0.39, 0.29) is 5.91 Å². The number of carbonyl (C=O) groups is 1. The van der Waals surface area contributed by atoms with Crippen molar-refractivity contribution in [3.8, 4) is 0 Å². The number of nitrogens with one attached hydrogen (secondary N) is 1. The third-order valence-corrected chi connectivity index (χ3v) is 2.95. The van der Waals surface area contributed by atoms with Crippen LogP contribution >= 0.6 is 12.2 Å². The topological polar surface area (TPSA) is 58.4 Å². The van der Waals surface area contributed by atoms with Crippen LogP contribution in [0.3, 0.4) is 0 Å². The highest BCUT2D eigenvalue weighted by molar-refractivity contribution is 7.80. The Bertz CT molecular complexity index is 417. The second kappa shape index (κ2) is 7.08. The van der Waals surface area contributed by atoms with Crippen molar-refractivity contribution in [1.82, 2.24) is 4.90 Å². The molecule has 0 heterocycles. The van der Waals surface area contributed by atoms with E-state index in [9.17, 15) is 4.79 Å². The van der Waals surface area contributed by atoms with Gasteiger partial charge in [0.15, 0.2) is 0 Å². The third kappa shape index (κ3) is 4.81. The first kappa shape index (κ1) is 14.6. The molecule has 3 N–H and O–H groups in total. The summed E-state index contributed by atoms with van der Waals surface area (Å²) in [6.45, 7) is 3.76. The van der Waals surface area contributed by atoms with Gasteiger partial charge in [-0.25, -0.2) is 0 Å². The van der Waals surface area contributed by atoms with Crippen LogP contribution in [0.1, 0.15) is 18.9 Å². The van der Waals surface area contributed by atoms with E-state index in [1.165, 1.54) is 0 Å². The number of carbonyl (C=O) groups excluding carboxylic acids is 1. The van der Waals surface area contributed by atoms with E-state index in [1.54, 1.807) is 24.3 Å². The van der Waals surface area contributed by atoms with Crippen LogP contribution in [-0.4, -0.2) is 35.9 Å². The molecule has 4 nitrogen and oxygen atoms in total. The number of hydrogen-bond acceptors (Lipinski definition) is 3. The standard InChI is InChI=1S/C13H19N3OS/c1-3-16(2)9-8-12(17)15-11-6-4-10(5-7-11)13(14)18/h4-7H,3,8-9H2,1-2H3,(H2,14,18)(H,15,17). The summed E-state index contributed by atoms with van der Waals surface area (Å²) in [5.41, 5.74) is 7.06. The minimum atomic E-state index is 0.0124. The maximum Gasteiger partial charge on any atom is 0.225 e. The Balaban J connectivity index is 2.47. The van der Waals surface area contributed by atoms with Crippen LogP contribution in [0.2, 0.25) is 0 Å². The van der Waals surface area contributed by atoms with E-state index in [4.69, 9.17) is 18.0 Å². The molecular formula is C13H19N3OS. The summed E-state index contributed by atoms with van der Waals surface area (Å²) in [7, 11) is 1.99. The number of benzene rings is 1. The quantitative estimate of drug-likeness (QED) is 0.767. The fourth-order valence-electron chi connectivity index (χ4n) is 1.39. The molecule has 0 atom stereocenters. The van der Waals surface area contributed by atoms with Gasteiger partial charge in [0.2, 0.25) is 5.91 Å². The molecule has 0 saturated heterocycles. The van der Waals surface area contributed by atoms with E-state index < -0.39 is 0 Å². The van der Waals surface area contributed by atoms with Gasteiger partial charge in [-0.1, -0.05) is 19.1 Å². The molecule has 0 bridgehead atoms. The predicted octanol–water partition coefficient (Wildman–Crippen LogP) is 1.60. The Morgan fingerprint density at radius 3 is 2.50 bits per heavy atom. The molecule has 1 aromatic carbocycles. The second-order valence-corrected chi connectivity index (χ2v) is 4.58. The summed E-state index contributed by atoms with van der Waals surface area (Å²) in [6, 6.07) is 7.21. The minimum Gasteiger partial charge on any atom is -0.389 e. The zero-order valence-corrected chi connectivity index (χ0v) is 11.6. The van der Waals surface area contributed by atoms with E-state index in [2.05, 4.69) is 17.1 Å². The molecule has 0 unspecified atom stereocenters. The van der Waals surface area contributed by atoms with Crippen LogP contribution in [0.5, 0.6) is 0 Å². The number of thiocarbonyl (C=S) groups is 1. The monoisotopic (exact) mass is 265 g/mol. The Kier molecular flexibility index (Phi) is 5.74. The number of nitrogens with zero attached hydrogens (tertiary/aromatic N) is 1. The lowest BCUT2D eigenvalue weighted by Gasteiger charge is -2.13. The number of rotatable bonds is 6. The highest BCUT2D eigenvalue weighted by Crippen LogP contribution is 2.09. The summed E-state index contributed by atoms with van der Waals surface area (Å²) < 4.78 is 0. The molecule has 0 aliphatic heterocycles. The molecular weight excluding hydrogens is 246 g/mol. The molecule has 0 aromatic heterocycles. The van der Waals surface area contributed by atoms with Gasteiger partial charge in [0.1, 0.15) is 4.99 Å². The van der Waals surface area contributed by atoms with Gasteiger partial charge >= 0.3 is 0 Å². The van der Waals surface area contributed by atoms with Crippen molar-refractivity contribution < 1.29 is 4.79 Å². The number of amides is 1. The summed E-state index contributed by atoms with van der Waals surface area (Å²) in [6.07, 6.45) is 0.487. The van der Waals surface area contributed by atoms with Gasteiger partial charge in [-0.15, -0.1) is 0 Å². The first-order valence-electron chi connectivity index (χ1n) is 5.91. The summed E-state index contributed by atoms with van der Waals surface area (Å²) in [4.78, 5) is 14.1. The molecule has 0 radical (unpaired) electrons. The fraction of sp³-hybridized carbons (Fsp3) is 0.385. The molecule has 1 amide bonds. The van der Waals surface area contributed by atoms with Crippen LogP contribution in [0.4, 0.5) is 5.69 Å². The molecule has 0 spiro atoms. The number of nitrogens with two attached hydrogens (primary N) is 1. The maximum atomic E-state index is 11.7. The van der Waals surface area contributed by atoms with Crippen molar-refractivity contribution in [2.45, 2.75) is 13.3 Å². The molecule has 0 fully saturated rings. The molecule has 18 heavy (non-hydrogen) atoms. The minimum absolute atomic E-state index is 0.0124. The van der Waals surface area contributed by atoms with Crippen molar-refractivity contribution in [1.29, 1.82) is 0 Å². The maximum absolute atomic E-state index is 11.7. The Morgan fingerprint density at radius 2 is 2.00 bits per heavy atom. The van der Waals surface area contributed by atoms with Gasteiger partial charge in [-0.2, -0.15) is 0 Å². The zero-order valence-electron chi connectivity index (χ0n) is 10.8. The van der Waals surface area contributed by atoms with Gasteiger partial charge in [-0.3, -0.25) is 4.79 Å². The van der Waals surface area contributed by atoms with Crippen LogP contribution in [-0.2, 0) is 4.79 Å². The molecule has 1 aromatic rings. The largest absolute Gasteiger partial charge is 0.389 e. The summed E-state index contributed by atoms with van der Waals surface area (Å²) in [5.74, 6) is 0.0124. The van der Waals surface area contributed by atoms with Crippen molar-refractivity contribution in [3.05, 3.63) is 29.8 Å². The first-order valence-corrected chi connectivity index (χ1v) is 6.32. The van der Waals surface area contributed by atoms with Gasteiger partial charge in [-0.05, 0) is 37.9 Å². The van der Waals surface area contributed by atoms with Gasteiger partial charge in [0.05, 0.1) is 0 Å². The number of hydrogen-bond donors (Lipinski definition) is 2. The first-order chi connectivity index (χ1) is 8.52. The molecule has 0 saturated carbocycles. The highest BCUT2D eigenvalue weighted by Gasteiger charge is 2.04.